The minimum Gasteiger partial charge on any atom is -0.228 e. The molecule has 0 N–H and O–H groups in total. The largest absolute Gasteiger partial charge is 0.228 e. The van der Waals surface area contributed by atoms with Gasteiger partial charge in [-0.1, -0.05) is 178 Å². The zero-order chi connectivity index (χ0) is 36.7. The summed E-state index contributed by atoms with van der Waals surface area (Å²) in [5, 5.41) is 9.90. The van der Waals surface area contributed by atoms with E-state index in [9.17, 15) is 0 Å². The molecule has 11 rings (SSSR count). The summed E-state index contributed by atoms with van der Waals surface area (Å²) in [6, 6.07) is 66.0. The van der Waals surface area contributed by atoms with Gasteiger partial charge in [0.2, 0.25) is 0 Å². The molecule has 1 heterocycles. The molecule has 258 valence electrons. The Kier molecular flexibility index (Phi) is 6.93. The van der Waals surface area contributed by atoms with Crippen LogP contribution < -0.4 is 0 Å². The Hall–Kier alpha value is -6.90. The zero-order valence-corrected chi connectivity index (χ0v) is 30.7. The van der Waals surface area contributed by atoms with Crippen LogP contribution in [0.1, 0.15) is 25.0 Å². The molecule has 9 aromatic carbocycles. The van der Waals surface area contributed by atoms with E-state index in [1.54, 1.807) is 0 Å². The summed E-state index contributed by atoms with van der Waals surface area (Å²) in [6.45, 7) is 4.66. The van der Waals surface area contributed by atoms with Gasteiger partial charge >= 0.3 is 0 Å². The van der Waals surface area contributed by atoms with Crippen molar-refractivity contribution < 1.29 is 0 Å². The zero-order valence-electron chi connectivity index (χ0n) is 30.7. The topological polar surface area (TPSA) is 25.8 Å². The van der Waals surface area contributed by atoms with E-state index in [2.05, 4.69) is 190 Å². The van der Waals surface area contributed by atoms with Gasteiger partial charge in [0.05, 0.1) is 11.4 Å². The third kappa shape index (κ3) is 4.88. The van der Waals surface area contributed by atoms with Crippen LogP contribution in [-0.4, -0.2) is 9.97 Å². The molecule has 0 unspecified atom stereocenters. The van der Waals surface area contributed by atoms with Gasteiger partial charge in [-0.05, 0) is 94.7 Å². The van der Waals surface area contributed by atoms with Gasteiger partial charge in [0.25, 0.3) is 0 Å². The molecule has 0 bridgehead atoms. The highest BCUT2D eigenvalue weighted by Crippen LogP contribution is 2.50. The SMILES string of the molecule is CC1(C)c2ccccc2-c2ccc(-c3cc(-c4ccc(-c5c6ccccc6cc6c5ccc5ccccc56)c5ccccc45)nc(-c4ccccc4)n3)cc21. The van der Waals surface area contributed by atoms with Crippen LogP contribution in [0.15, 0.2) is 182 Å². The number of aromatic nitrogens is 2. The molecule has 0 amide bonds. The molecule has 2 nitrogen and oxygen atoms in total. The Morgan fingerprint density at radius 3 is 1.80 bits per heavy atom. The van der Waals surface area contributed by atoms with Crippen molar-refractivity contribution in [1.82, 2.24) is 9.97 Å². The minimum atomic E-state index is -0.107. The van der Waals surface area contributed by atoms with Gasteiger partial charge in [0.1, 0.15) is 0 Å². The van der Waals surface area contributed by atoms with Gasteiger partial charge in [0.15, 0.2) is 5.82 Å². The normalized spacial score (nSPS) is 13.1. The van der Waals surface area contributed by atoms with Gasteiger partial charge in [-0.2, -0.15) is 0 Å². The van der Waals surface area contributed by atoms with E-state index in [4.69, 9.17) is 9.97 Å². The molecule has 0 aliphatic heterocycles. The van der Waals surface area contributed by atoms with Crippen LogP contribution in [0.25, 0.3) is 99.2 Å². The summed E-state index contributed by atoms with van der Waals surface area (Å²) in [5.41, 5.74) is 12.7. The lowest BCUT2D eigenvalue weighted by Crippen LogP contribution is -2.14. The van der Waals surface area contributed by atoms with Gasteiger partial charge in [0, 0.05) is 22.1 Å². The summed E-state index contributed by atoms with van der Waals surface area (Å²) in [5.74, 6) is 0.719. The molecular formula is C53H36N2. The molecule has 0 saturated carbocycles. The monoisotopic (exact) mass is 700 g/mol. The maximum atomic E-state index is 5.31. The lowest BCUT2D eigenvalue weighted by molar-refractivity contribution is 0.660. The summed E-state index contributed by atoms with van der Waals surface area (Å²) in [6.07, 6.45) is 0. The summed E-state index contributed by atoms with van der Waals surface area (Å²) < 4.78 is 0. The fourth-order valence-corrected chi connectivity index (χ4v) is 9.16. The lowest BCUT2D eigenvalue weighted by Gasteiger charge is -2.22. The van der Waals surface area contributed by atoms with Gasteiger partial charge in [-0.25, -0.2) is 9.97 Å². The second-order valence-electron chi connectivity index (χ2n) is 15.3. The number of hydrogen-bond donors (Lipinski definition) is 0. The first-order valence-electron chi connectivity index (χ1n) is 19.1. The molecule has 2 heteroatoms. The standard InChI is InChI=1S/C53H36N2/c1-53(2)47-23-13-12-22-41(47)42-26-25-36(31-48(42)53)49-32-50(55-52(54-49)34-15-4-3-5-16-34)43-28-29-44(40-21-11-10-20-39(40)43)51-38-19-9-7-17-35(38)30-46-37-18-8-6-14-33(37)24-27-45(46)51/h3-32H,1-2H3. The highest BCUT2D eigenvalue weighted by Gasteiger charge is 2.35. The molecule has 0 atom stereocenters. The molecule has 0 spiro atoms. The first-order chi connectivity index (χ1) is 27.0. The maximum absolute atomic E-state index is 5.31. The molecule has 0 radical (unpaired) electrons. The van der Waals surface area contributed by atoms with Crippen molar-refractivity contribution in [1.29, 1.82) is 0 Å². The van der Waals surface area contributed by atoms with Crippen molar-refractivity contribution in [2.45, 2.75) is 19.3 Å². The van der Waals surface area contributed by atoms with E-state index in [-0.39, 0.29) is 5.41 Å². The van der Waals surface area contributed by atoms with Gasteiger partial charge < -0.3 is 0 Å². The Morgan fingerprint density at radius 1 is 0.345 bits per heavy atom. The summed E-state index contributed by atoms with van der Waals surface area (Å²) in [7, 11) is 0. The number of benzene rings is 9. The van der Waals surface area contributed by atoms with E-state index in [0.717, 1.165) is 39.3 Å². The van der Waals surface area contributed by atoms with E-state index < -0.39 is 0 Å². The molecule has 1 aliphatic carbocycles. The fraction of sp³-hybridized carbons (Fsp3) is 0.0566. The third-order valence-corrected chi connectivity index (χ3v) is 11.9. The highest BCUT2D eigenvalue weighted by molar-refractivity contribution is 6.23. The van der Waals surface area contributed by atoms with Crippen LogP contribution in [0.2, 0.25) is 0 Å². The second kappa shape index (κ2) is 12.1. The van der Waals surface area contributed by atoms with Crippen molar-refractivity contribution in [3.05, 3.63) is 193 Å². The molecule has 0 saturated heterocycles. The van der Waals surface area contributed by atoms with Crippen LogP contribution in [0.5, 0.6) is 0 Å². The molecule has 55 heavy (non-hydrogen) atoms. The first-order valence-corrected chi connectivity index (χ1v) is 19.1. The lowest BCUT2D eigenvalue weighted by atomic mass is 9.82. The quantitative estimate of drug-likeness (QED) is 0.135. The number of fused-ring (bicyclic) bond motifs is 8. The van der Waals surface area contributed by atoms with Crippen LogP contribution in [0.4, 0.5) is 0 Å². The van der Waals surface area contributed by atoms with Crippen molar-refractivity contribution >= 4 is 43.1 Å². The third-order valence-electron chi connectivity index (χ3n) is 11.9. The predicted octanol–water partition coefficient (Wildman–Crippen LogP) is 14.1. The molecule has 1 aliphatic rings. The number of nitrogens with zero attached hydrogens (tertiary/aromatic N) is 2. The van der Waals surface area contributed by atoms with E-state index in [1.165, 1.54) is 71.1 Å². The smallest absolute Gasteiger partial charge is 0.160 e. The minimum absolute atomic E-state index is 0.107. The Labute approximate surface area is 320 Å². The number of hydrogen-bond acceptors (Lipinski definition) is 2. The average Bonchev–Trinajstić information content (AvgIpc) is 3.48. The van der Waals surface area contributed by atoms with Crippen molar-refractivity contribution in [3.8, 4) is 56.2 Å². The molecule has 1 aromatic heterocycles. The van der Waals surface area contributed by atoms with Crippen LogP contribution >= 0.6 is 0 Å². The van der Waals surface area contributed by atoms with Gasteiger partial charge in [-0.15, -0.1) is 0 Å². The second-order valence-corrected chi connectivity index (χ2v) is 15.3. The van der Waals surface area contributed by atoms with Crippen LogP contribution in [0.3, 0.4) is 0 Å². The van der Waals surface area contributed by atoms with Crippen molar-refractivity contribution in [2.75, 3.05) is 0 Å². The molecular weight excluding hydrogens is 665 g/mol. The molecule has 10 aromatic rings. The van der Waals surface area contributed by atoms with Crippen LogP contribution in [0, 0.1) is 0 Å². The van der Waals surface area contributed by atoms with Crippen LogP contribution in [-0.2, 0) is 5.41 Å². The Morgan fingerprint density at radius 2 is 0.964 bits per heavy atom. The Balaban J connectivity index is 1.14. The highest BCUT2D eigenvalue weighted by atomic mass is 14.9. The fourth-order valence-electron chi connectivity index (χ4n) is 9.16. The first kappa shape index (κ1) is 31.6. The van der Waals surface area contributed by atoms with E-state index >= 15 is 0 Å². The average molecular weight is 701 g/mol. The summed E-state index contributed by atoms with van der Waals surface area (Å²) >= 11 is 0. The van der Waals surface area contributed by atoms with Crippen molar-refractivity contribution in [3.63, 3.8) is 0 Å². The predicted molar refractivity (Wildman–Crippen MR) is 231 cm³/mol. The maximum Gasteiger partial charge on any atom is 0.160 e. The van der Waals surface area contributed by atoms with Gasteiger partial charge in [-0.3, -0.25) is 0 Å². The summed E-state index contributed by atoms with van der Waals surface area (Å²) in [4.78, 5) is 10.6. The van der Waals surface area contributed by atoms with E-state index in [0.29, 0.717) is 0 Å². The van der Waals surface area contributed by atoms with Crippen molar-refractivity contribution in [2.24, 2.45) is 0 Å². The van der Waals surface area contributed by atoms with E-state index in [1.807, 2.05) is 6.07 Å². The number of rotatable bonds is 4. The Bertz CT molecular complexity index is 3170. The molecule has 0 fully saturated rings.